The molecule has 4 aromatic rings. The van der Waals surface area contributed by atoms with E-state index in [0.29, 0.717) is 0 Å². The van der Waals surface area contributed by atoms with Gasteiger partial charge in [-0.3, -0.25) is 0 Å². The molecule has 4 rings (SSSR count). The predicted molar refractivity (Wildman–Crippen MR) is 113 cm³/mol. The summed E-state index contributed by atoms with van der Waals surface area (Å²) in [5.74, 6) is 0. The molecule has 0 saturated heterocycles. The van der Waals surface area contributed by atoms with Crippen molar-refractivity contribution in [3.8, 4) is 22.3 Å². The minimum Gasteiger partial charge on any atom is -0.0622 e. The molecule has 0 amide bonds. The number of hydrogen-bond acceptors (Lipinski definition) is 0. The Morgan fingerprint density at radius 3 is 1.65 bits per heavy atom. The van der Waals surface area contributed by atoms with Crippen LogP contribution in [-0.4, -0.2) is 0 Å². The van der Waals surface area contributed by atoms with Gasteiger partial charge in [-0.15, -0.1) is 0 Å². The van der Waals surface area contributed by atoms with Crippen molar-refractivity contribution in [3.05, 3.63) is 120 Å². The van der Waals surface area contributed by atoms with Crippen LogP contribution in [0.15, 0.2) is 109 Å². The van der Waals surface area contributed by atoms with Crippen LogP contribution in [0.2, 0.25) is 0 Å². The highest BCUT2D eigenvalue weighted by atomic mass is 14.1. The molecule has 0 N–H and O–H groups in total. The first-order chi connectivity index (χ1) is 12.9. The molecule has 0 fully saturated rings. The Labute approximate surface area is 155 Å². The second-order valence-electron chi connectivity index (χ2n) is 6.28. The molecule has 0 radical (unpaired) electrons. The van der Waals surface area contributed by atoms with Crippen molar-refractivity contribution < 1.29 is 0 Å². The lowest BCUT2D eigenvalue weighted by Gasteiger charge is -2.10. The fourth-order valence-corrected chi connectivity index (χ4v) is 3.13. The second-order valence-corrected chi connectivity index (χ2v) is 6.28. The van der Waals surface area contributed by atoms with Crippen LogP contribution >= 0.6 is 0 Å². The van der Waals surface area contributed by atoms with Crippen molar-refractivity contribution in [2.24, 2.45) is 0 Å². The Balaban J connectivity index is 1.79. The van der Waals surface area contributed by atoms with E-state index < -0.39 is 0 Å². The van der Waals surface area contributed by atoms with Gasteiger partial charge in [0.2, 0.25) is 0 Å². The molecule has 0 nitrogen and oxygen atoms in total. The molecule has 0 atom stereocenters. The Kier molecular flexibility index (Phi) is 4.75. The van der Waals surface area contributed by atoms with Gasteiger partial charge in [-0.2, -0.15) is 0 Å². The van der Waals surface area contributed by atoms with Gasteiger partial charge in [0.15, 0.2) is 0 Å². The molecule has 0 saturated carbocycles. The molecule has 26 heavy (non-hydrogen) atoms. The van der Waals surface area contributed by atoms with Crippen molar-refractivity contribution in [2.45, 2.75) is 0 Å². The summed E-state index contributed by atoms with van der Waals surface area (Å²) < 4.78 is 0. The van der Waals surface area contributed by atoms with Gasteiger partial charge in [-0.05, 0) is 39.4 Å². The van der Waals surface area contributed by atoms with Crippen LogP contribution in [-0.2, 0) is 0 Å². The molecule has 0 spiro atoms. The van der Waals surface area contributed by atoms with Crippen molar-refractivity contribution in [3.63, 3.8) is 0 Å². The zero-order valence-corrected chi connectivity index (χ0v) is 14.5. The van der Waals surface area contributed by atoms with Crippen LogP contribution in [0, 0.1) is 0 Å². The second kappa shape index (κ2) is 7.67. The zero-order chi connectivity index (χ0) is 17.6. The Morgan fingerprint density at radius 2 is 1.00 bits per heavy atom. The molecule has 0 unspecified atom stereocenters. The normalized spacial score (nSPS) is 10.9. The maximum Gasteiger partial charge on any atom is -0.0105 e. The van der Waals surface area contributed by atoms with Crippen LogP contribution < -0.4 is 0 Å². The van der Waals surface area contributed by atoms with Gasteiger partial charge in [-0.1, -0.05) is 115 Å². The average Bonchev–Trinajstić information content (AvgIpc) is 2.74. The topological polar surface area (TPSA) is 0 Å². The summed E-state index contributed by atoms with van der Waals surface area (Å²) >= 11 is 0. The molecular formula is C26H20. The highest BCUT2D eigenvalue weighted by molar-refractivity contribution is 5.84. The molecular weight excluding hydrogens is 312 g/mol. The summed E-state index contributed by atoms with van der Waals surface area (Å²) in [6.07, 6.45) is 4.37. The predicted octanol–water partition coefficient (Wildman–Crippen LogP) is 7.19. The van der Waals surface area contributed by atoms with E-state index >= 15 is 0 Å². The lowest BCUT2D eigenvalue weighted by atomic mass is 9.94. The standard InChI is InChI=1S/C26H20/c1-4-10-21(11-5-1)16-17-24-18-19-25(22-12-6-2-7-13-22)20-26(24)23-14-8-3-9-15-23/h1-20H. The summed E-state index contributed by atoms with van der Waals surface area (Å²) in [5.41, 5.74) is 7.39. The van der Waals surface area contributed by atoms with Crippen molar-refractivity contribution >= 4 is 12.2 Å². The fraction of sp³-hybridized carbons (Fsp3) is 0. The van der Waals surface area contributed by atoms with Crippen LogP contribution in [0.3, 0.4) is 0 Å². The van der Waals surface area contributed by atoms with Gasteiger partial charge in [0.1, 0.15) is 0 Å². The maximum atomic E-state index is 2.29. The van der Waals surface area contributed by atoms with Crippen molar-refractivity contribution in [1.29, 1.82) is 0 Å². The Bertz CT molecular complexity index is 998. The number of hydrogen-bond donors (Lipinski definition) is 0. The lowest BCUT2D eigenvalue weighted by molar-refractivity contribution is 1.57. The van der Waals surface area contributed by atoms with Crippen LogP contribution in [0.25, 0.3) is 34.4 Å². The molecule has 4 aromatic carbocycles. The van der Waals surface area contributed by atoms with E-state index in [-0.39, 0.29) is 0 Å². The van der Waals surface area contributed by atoms with Crippen LogP contribution in [0.5, 0.6) is 0 Å². The van der Waals surface area contributed by atoms with E-state index in [1.807, 2.05) is 6.07 Å². The summed E-state index contributed by atoms with van der Waals surface area (Å²) in [5, 5.41) is 0. The number of rotatable bonds is 4. The van der Waals surface area contributed by atoms with Crippen LogP contribution in [0.4, 0.5) is 0 Å². The molecule has 0 heterocycles. The Hall–Kier alpha value is -3.38. The van der Waals surface area contributed by atoms with Gasteiger partial charge in [-0.25, -0.2) is 0 Å². The minimum absolute atomic E-state index is 1.21. The highest BCUT2D eigenvalue weighted by Gasteiger charge is 2.06. The minimum atomic E-state index is 1.21. The summed E-state index contributed by atoms with van der Waals surface area (Å²) in [6, 6.07) is 38.2. The zero-order valence-electron chi connectivity index (χ0n) is 14.5. The molecule has 0 aliphatic heterocycles. The molecule has 0 bridgehead atoms. The largest absolute Gasteiger partial charge is 0.0622 e. The number of benzene rings is 4. The molecule has 0 aromatic heterocycles. The maximum absolute atomic E-state index is 2.29. The molecule has 0 aliphatic rings. The van der Waals surface area contributed by atoms with Gasteiger partial charge >= 0.3 is 0 Å². The van der Waals surface area contributed by atoms with Crippen molar-refractivity contribution in [2.75, 3.05) is 0 Å². The first kappa shape index (κ1) is 16.1. The van der Waals surface area contributed by atoms with Gasteiger partial charge in [0, 0.05) is 0 Å². The highest BCUT2D eigenvalue weighted by Crippen LogP contribution is 2.30. The summed E-state index contributed by atoms with van der Waals surface area (Å²) in [6.45, 7) is 0. The third-order valence-corrected chi connectivity index (χ3v) is 4.50. The summed E-state index contributed by atoms with van der Waals surface area (Å²) in [4.78, 5) is 0. The van der Waals surface area contributed by atoms with E-state index in [1.54, 1.807) is 0 Å². The average molecular weight is 332 g/mol. The third kappa shape index (κ3) is 3.65. The van der Waals surface area contributed by atoms with E-state index in [4.69, 9.17) is 0 Å². The van der Waals surface area contributed by atoms with E-state index in [0.717, 1.165) is 0 Å². The summed E-state index contributed by atoms with van der Waals surface area (Å²) in [7, 11) is 0. The SMILES string of the molecule is C(=Cc1ccc(-c2ccccc2)cc1-c1ccccc1)c1ccccc1. The van der Waals surface area contributed by atoms with Gasteiger partial charge in [0.05, 0.1) is 0 Å². The third-order valence-electron chi connectivity index (χ3n) is 4.50. The smallest absolute Gasteiger partial charge is 0.0105 e. The first-order valence-electron chi connectivity index (χ1n) is 8.88. The fourth-order valence-electron chi connectivity index (χ4n) is 3.13. The molecule has 124 valence electrons. The molecule has 0 heteroatoms. The van der Waals surface area contributed by atoms with E-state index in [1.165, 1.54) is 33.4 Å². The van der Waals surface area contributed by atoms with E-state index in [2.05, 4.69) is 115 Å². The monoisotopic (exact) mass is 332 g/mol. The van der Waals surface area contributed by atoms with Gasteiger partial charge in [0.25, 0.3) is 0 Å². The van der Waals surface area contributed by atoms with E-state index in [9.17, 15) is 0 Å². The van der Waals surface area contributed by atoms with Crippen molar-refractivity contribution in [1.82, 2.24) is 0 Å². The van der Waals surface area contributed by atoms with Gasteiger partial charge < -0.3 is 0 Å². The Morgan fingerprint density at radius 1 is 0.423 bits per heavy atom. The molecule has 0 aliphatic carbocycles. The lowest BCUT2D eigenvalue weighted by Crippen LogP contribution is -1.86. The first-order valence-corrected chi connectivity index (χ1v) is 8.88. The quantitative estimate of drug-likeness (QED) is 0.347. The van der Waals surface area contributed by atoms with Crippen LogP contribution in [0.1, 0.15) is 11.1 Å².